The molecule has 30 heavy (non-hydrogen) atoms. The van der Waals surface area contributed by atoms with E-state index >= 15 is 0 Å². The Morgan fingerprint density at radius 2 is 1.83 bits per heavy atom. The fraction of sp³-hybridized carbons (Fsp3) is 0.190. The molecular weight excluding hydrogens is 398 g/mol. The van der Waals surface area contributed by atoms with Crippen LogP contribution in [0.15, 0.2) is 65.8 Å². The first-order chi connectivity index (χ1) is 14.7. The maximum atomic E-state index is 13.2. The summed E-state index contributed by atoms with van der Waals surface area (Å²) >= 11 is 1.45. The topological polar surface area (TPSA) is 90.5 Å². The first kappa shape index (κ1) is 18.6. The summed E-state index contributed by atoms with van der Waals surface area (Å²) in [6.45, 7) is 0. The highest BCUT2D eigenvalue weighted by atomic mass is 32.2. The van der Waals surface area contributed by atoms with Crippen molar-refractivity contribution in [2.45, 2.75) is 23.9 Å². The lowest BCUT2D eigenvalue weighted by molar-refractivity contribution is 0.101. The molecule has 1 aliphatic rings. The lowest BCUT2D eigenvalue weighted by Crippen LogP contribution is -2.17. The van der Waals surface area contributed by atoms with Gasteiger partial charge in [-0.2, -0.15) is 9.78 Å². The number of thioether (sulfide) groups is 1. The lowest BCUT2D eigenvalue weighted by Gasteiger charge is -2.10. The first-order valence-corrected chi connectivity index (χ1v) is 10.8. The van der Waals surface area contributed by atoms with Crippen LogP contribution in [0.25, 0.3) is 11.4 Å². The molecule has 0 radical (unpaired) electrons. The highest BCUT2D eigenvalue weighted by Crippen LogP contribution is 2.39. The quantitative estimate of drug-likeness (QED) is 0.481. The number of tetrazole rings is 1. The van der Waals surface area contributed by atoms with E-state index in [4.69, 9.17) is 5.10 Å². The molecule has 2 aromatic heterocycles. The molecule has 2 heterocycles. The summed E-state index contributed by atoms with van der Waals surface area (Å²) in [4.78, 5) is 13.2. The molecule has 0 aliphatic heterocycles. The van der Waals surface area contributed by atoms with Crippen molar-refractivity contribution in [2.24, 2.45) is 0 Å². The Morgan fingerprint density at radius 1 is 1.03 bits per heavy atom. The Bertz CT molecular complexity index is 1200. The van der Waals surface area contributed by atoms with Crippen molar-refractivity contribution in [1.82, 2.24) is 30.0 Å². The number of aromatic nitrogens is 6. The number of hydrogen-bond donors (Lipinski definition) is 1. The molecule has 1 N–H and O–H groups in total. The van der Waals surface area contributed by atoms with Crippen LogP contribution in [-0.2, 0) is 0 Å². The third-order valence-corrected chi connectivity index (χ3v) is 5.55. The second-order valence-corrected chi connectivity index (χ2v) is 7.83. The third-order valence-electron chi connectivity index (χ3n) is 4.93. The van der Waals surface area contributed by atoms with Crippen LogP contribution >= 0.6 is 11.8 Å². The molecule has 8 nitrogen and oxygen atoms in total. The summed E-state index contributed by atoms with van der Waals surface area (Å²) < 4.78 is 3.36. The Morgan fingerprint density at radius 3 is 2.60 bits per heavy atom. The molecule has 150 valence electrons. The zero-order chi connectivity index (χ0) is 20.5. The number of para-hydroxylation sites is 1. The molecule has 1 fully saturated rings. The second-order valence-electron chi connectivity index (χ2n) is 7.06. The van der Waals surface area contributed by atoms with Crippen molar-refractivity contribution >= 4 is 23.4 Å². The lowest BCUT2D eigenvalue weighted by atomic mass is 10.2. The molecule has 0 bridgehead atoms. The van der Waals surface area contributed by atoms with Gasteiger partial charge in [0.2, 0.25) is 5.16 Å². The molecule has 0 unspecified atom stereocenters. The highest BCUT2D eigenvalue weighted by Gasteiger charge is 2.29. The van der Waals surface area contributed by atoms with Crippen LogP contribution in [-0.4, -0.2) is 42.2 Å². The van der Waals surface area contributed by atoms with E-state index in [2.05, 4.69) is 20.8 Å². The van der Waals surface area contributed by atoms with E-state index in [9.17, 15) is 4.79 Å². The van der Waals surface area contributed by atoms with Gasteiger partial charge in [-0.3, -0.25) is 4.79 Å². The molecule has 1 amide bonds. The molecule has 5 rings (SSSR count). The zero-order valence-electron chi connectivity index (χ0n) is 16.3. The molecule has 2 aromatic carbocycles. The summed E-state index contributed by atoms with van der Waals surface area (Å²) in [6, 6.07) is 19.1. The Balaban J connectivity index is 1.46. The van der Waals surface area contributed by atoms with Gasteiger partial charge in [-0.25, -0.2) is 4.68 Å². The van der Waals surface area contributed by atoms with Gasteiger partial charge in [0.25, 0.3) is 5.91 Å². The summed E-state index contributed by atoms with van der Waals surface area (Å²) in [5.74, 6) is 0.242. The van der Waals surface area contributed by atoms with Gasteiger partial charge in [0, 0.05) is 11.6 Å². The van der Waals surface area contributed by atoms with Crippen molar-refractivity contribution in [3.63, 3.8) is 0 Å². The van der Waals surface area contributed by atoms with Crippen LogP contribution in [0.1, 0.15) is 34.9 Å². The van der Waals surface area contributed by atoms with Gasteiger partial charge >= 0.3 is 0 Å². The summed E-state index contributed by atoms with van der Waals surface area (Å²) in [5, 5.41) is 20.1. The van der Waals surface area contributed by atoms with Gasteiger partial charge in [-0.1, -0.05) is 36.0 Å². The van der Waals surface area contributed by atoms with E-state index in [1.54, 1.807) is 9.36 Å². The average Bonchev–Trinajstić information content (AvgIpc) is 3.35. The predicted molar refractivity (Wildman–Crippen MR) is 114 cm³/mol. The van der Waals surface area contributed by atoms with Crippen molar-refractivity contribution in [2.75, 3.05) is 11.6 Å². The van der Waals surface area contributed by atoms with Crippen LogP contribution < -0.4 is 5.32 Å². The summed E-state index contributed by atoms with van der Waals surface area (Å²) in [7, 11) is 0. The van der Waals surface area contributed by atoms with Crippen LogP contribution in [0.2, 0.25) is 0 Å². The molecule has 0 atom stereocenters. The van der Waals surface area contributed by atoms with Crippen molar-refractivity contribution in [1.29, 1.82) is 0 Å². The standard InChI is InChI=1S/C21H19N7OS/c1-30-21-23-25-26-28(21)17-9-5-6-15(12-17)22-20(29)19-13-18(14-10-11-14)24-27(19)16-7-3-2-4-8-16/h2-9,12-14H,10-11H2,1H3,(H,22,29). The van der Waals surface area contributed by atoms with Crippen molar-refractivity contribution in [3.8, 4) is 11.4 Å². The SMILES string of the molecule is CSc1nnnn1-c1cccc(NC(=O)c2cc(C3CC3)nn2-c2ccccc2)c1. The number of carbonyl (C=O) groups excluding carboxylic acids is 1. The van der Waals surface area contributed by atoms with Crippen LogP contribution in [0.4, 0.5) is 5.69 Å². The van der Waals surface area contributed by atoms with Crippen molar-refractivity contribution < 1.29 is 4.79 Å². The largest absolute Gasteiger partial charge is 0.321 e. The predicted octanol–water partition coefficient (Wildman–Crippen LogP) is 3.70. The van der Waals surface area contributed by atoms with E-state index in [1.807, 2.05) is 66.9 Å². The van der Waals surface area contributed by atoms with Crippen LogP contribution in [0, 0.1) is 0 Å². The number of benzene rings is 2. The maximum Gasteiger partial charge on any atom is 0.274 e. The molecule has 0 saturated heterocycles. The number of nitrogens with zero attached hydrogens (tertiary/aromatic N) is 6. The van der Waals surface area contributed by atoms with Gasteiger partial charge in [-0.05, 0) is 65.9 Å². The van der Waals surface area contributed by atoms with E-state index in [1.165, 1.54) is 11.8 Å². The van der Waals surface area contributed by atoms with Gasteiger partial charge in [0.05, 0.1) is 17.1 Å². The number of carbonyl (C=O) groups is 1. The highest BCUT2D eigenvalue weighted by molar-refractivity contribution is 7.98. The summed E-state index contributed by atoms with van der Waals surface area (Å²) in [6.07, 6.45) is 4.16. The van der Waals surface area contributed by atoms with E-state index in [-0.39, 0.29) is 5.91 Å². The Kier molecular flexibility index (Phi) is 4.80. The smallest absolute Gasteiger partial charge is 0.274 e. The van der Waals surface area contributed by atoms with Gasteiger partial charge in [-0.15, -0.1) is 5.10 Å². The average molecular weight is 417 g/mol. The number of anilines is 1. The van der Waals surface area contributed by atoms with Gasteiger partial charge < -0.3 is 5.32 Å². The molecule has 0 spiro atoms. The maximum absolute atomic E-state index is 13.2. The fourth-order valence-electron chi connectivity index (χ4n) is 3.28. The molecule has 4 aromatic rings. The minimum atomic E-state index is -0.211. The van der Waals surface area contributed by atoms with Crippen LogP contribution in [0.3, 0.4) is 0 Å². The zero-order valence-corrected chi connectivity index (χ0v) is 17.1. The molecule has 1 saturated carbocycles. The molecular formula is C21H19N7OS. The van der Waals surface area contributed by atoms with E-state index in [0.29, 0.717) is 22.5 Å². The molecule has 9 heteroatoms. The fourth-order valence-corrected chi connectivity index (χ4v) is 3.72. The van der Waals surface area contributed by atoms with Gasteiger partial charge in [0.15, 0.2) is 0 Å². The Hall–Kier alpha value is -3.46. The van der Waals surface area contributed by atoms with Crippen molar-refractivity contribution in [3.05, 3.63) is 72.1 Å². The number of nitrogens with one attached hydrogen (secondary N) is 1. The Labute approximate surface area is 177 Å². The minimum absolute atomic E-state index is 0.211. The third kappa shape index (κ3) is 3.59. The number of amides is 1. The number of rotatable bonds is 6. The minimum Gasteiger partial charge on any atom is -0.321 e. The normalized spacial score (nSPS) is 13.4. The molecule has 1 aliphatic carbocycles. The second kappa shape index (κ2) is 7.75. The monoisotopic (exact) mass is 417 g/mol. The first-order valence-electron chi connectivity index (χ1n) is 9.62. The van der Waals surface area contributed by atoms with E-state index in [0.717, 1.165) is 29.9 Å². The van der Waals surface area contributed by atoms with E-state index < -0.39 is 0 Å². The number of hydrogen-bond acceptors (Lipinski definition) is 6. The summed E-state index contributed by atoms with van der Waals surface area (Å²) in [5.41, 5.74) is 3.78. The van der Waals surface area contributed by atoms with Gasteiger partial charge in [0.1, 0.15) is 5.69 Å². The van der Waals surface area contributed by atoms with Crippen LogP contribution in [0.5, 0.6) is 0 Å².